The second-order valence-electron chi connectivity index (χ2n) is 8.21. The second-order valence-corrected chi connectivity index (χ2v) is 10.2. The molecule has 2 aromatic heterocycles. The number of sulfonamides is 1. The summed E-state index contributed by atoms with van der Waals surface area (Å²) in [6.45, 7) is 1.60. The molecule has 1 atom stereocenters. The van der Waals surface area contributed by atoms with Gasteiger partial charge in [0.2, 0.25) is 10.0 Å². The lowest BCUT2D eigenvalue weighted by molar-refractivity contribution is 0.201. The van der Waals surface area contributed by atoms with Crippen LogP contribution in [0.3, 0.4) is 0 Å². The van der Waals surface area contributed by atoms with Crippen LogP contribution in [0, 0.1) is 6.92 Å². The summed E-state index contributed by atoms with van der Waals surface area (Å²) in [5.41, 5.74) is 4.41. The van der Waals surface area contributed by atoms with Crippen molar-refractivity contribution in [2.75, 3.05) is 20.8 Å². The van der Waals surface area contributed by atoms with Crippen LogP contribution in [-0.2, 0) is 22.9 Å². The maximum Gasteiger partial charge on any atom is 0.243 e. The molecule has 9 heteroatoms. The predicted molar refractivity (Wildman–Crippen MR) is 130 cm³/mol. The number of ether oxygens (including phenoxy) is 1. The number of benzene rings is 2. The molecule has 0 saturated carbocycles. The van der Waals surface area contributed by atoms with Crippen LogP contribution in [0.1, 0.15) is 22.6 Å². The first-order valence-electron chi connectivity index (χ1n) is 10.9. The standard InChI is InChI=1S/C25H28N4O4S/c1-17-27-23-12-13-26-24(25(23)28-17)15-19-6-10-22(11-7-19)34(31,32)29(2)20(16-30)14-18-4-8-21(33-3)9-5-18/h4-13,20,30H,14-16H2,1-3H3,(H,27,28)/t20-/m0/s1. The number of aryl methyl sites for hydroxylation is 1. The van der Waals surface area contributed by atoms with E-state index in [2.05, 4.69) is 15.0 Å². The number of rotatable bonds is 9. The summed E-state index contributed by atoms with van der Waals surface area (Å²) in [5.74, 6) is 1.54. The molecule has 8 nitrogen and oxygen atoms in total. The Labute approximate surface area is 199 Å². The first-order valence-corrected chi connectivity index (χ1v) is 12.4. The zero-order valence-electron chi connectivity index (χ0n) is 19.4. The fourth-order valence-corrected chi connectivity index (χ4v) is 5.27. The maximum absolute atomic E-state index is 13.2. The smallest absolute Gasteiger partial charge is 0.243 e. The first-order chi connectivity index (χ1) is 16.3. The van der Waals surface area contributed by atoms with Crippen molar-refractivity contribution in [3.8, 4) is 5.75 Å². The van der Waals surface area contributed by atoms with Gasteiger partial charge in [0.05, 0.1) is 35.9 Å². The van der Waals surface area contributed by atoms with Gasteiger partial charge in [-0.05, 0) is 54.8 Å². The molecule has 2 aromatic carbocycles. The number of imidazole rings is 1. The van der Waals surface area contributed by atoms with Crippen LogP contribution in [0.5, 0.6) is 5.75 Å². The van der Waals surface area contributed by atoms with E-state index in [-0.39, 0.29) is 11.5 Å². The number of pyridine rings is 1. The average Bonchev–Trinajstić information content (AvgIpc) is 3.24. The Balaban J connectivity index is 1.50. The summed E-state index contributed by atoms with van der Waals surface area (Å²) in [7, 11) is -0.701. The lowest BCUT2D eigenvalue weighted by Crippen LogP contribution is -2.40. The van der Waals surface area contributed by atoms with Gasteiger partial charge in [-0.2, -0.15) is 4.31 Å². The fraction of sp³-hybridized carbons (Fsp3) is 0.280. The number of fused-ring (bicyclic) bond motifs is 1. The van der Waals surface area contributed by atoms with Crippen molar-refractivity contribution in [1.82, 2.24) is 19.3 Å². The maximum atomic E-state index is 13.2. The van der Waals surface area contributed by atoms with E-state index in [1.165, 1.54) is 11.4 Å². The van der Waals surface area contributed by atoms with Crippen LogP contribution in [-0.4, -0.2) is 59.6 Å². The molecular weight excluding hydrogens is 452 g/mol. The Morgan fingerprint density at radius 1 is 1.06 bits per heavy atom. The van der Waals surface area contributed by atoms with Crippen molar-refractivity contribution in [1.29, 1.82) is 0 Å². The molecule has 34 heavy (non-hydrogen) atoms. The molecule has 0 bridgehead atoms. The summed E-state index contributed by atoms with van der Waals surface area (Å²) in [4.78, 5) is 12.3. The molecule has 0 aliphatic carbocycles. The van der Waals surface area contributed by atoms with Gasteiger partial charge in [0.15, 0.2) is 0 Å². The Bertz CT molecular complexity index is 1370. The summed E-state index contributed by atoms with van der Waals surface area (Å²) < 4.78 is 32.9. The van der Waals surface area contributed by atoms with E-state index in [1.54, 1.807) is 37.6 Å². The van der Waals surface area contributed by atoms with E-state index in [0.29, 0.717) is 12.8 Å². The Morgan fingerprint density at radius 3 is 2.38 bits per heavy atom. The third kappa shape index (κ3) is 4.96. The number of aliphatic hydroxyl groups is 1. The number of aromatic amines is 1. The van der Waals surface area contributed by atoms with Gasteiger partial charge in [-0.15, -0.1) is 0 Å². The van der Waals surface area contributed by atoms with Gasteiger partial charge in [0, 0.05) is 19.7 Å². The lowest BCUT2D eigenvalue weighted by Gasteiger charge is -2.26. The van der Waals surface area contributed by atoms with Crippen LogP contribution in [0.15, 0.2) is 65.7 Å². The van der Waals surface area contributed by atoms with Gasteiger partial charge in [-0.3, -0.25) is 4.98 Å². The summed E-state index contributed by atoms with van der Waals surface area (Å²) in [5, 5.41) is 9.92. The molecule has 0 fully saturated rings. The number of aromatic nitrogens is 3. The Hall–Kier alpha value is -3.27. The van der Waals surface area contributed by atoms with E-state index in [1.807, 2.05) is 37.3 Å². The highest BCUT2D eigenvalue weighted by Gasteiger charge is 2.28. The van der Waals surface area contributed by atoms with Crippen molar-refractivity contribution in [3.63, 3.8) is 0 Å². The minimum atomic E-state index is -3.79. The SMILES string of the molecule is COc1ccc(C[C@@H](CO)N(C)S(=O)(=O)c2ccc(Cc3nccc4[nH]c(C)nc34)cc2)cc1. The number of nitrogens with one attached hydrogen (secondary N) is 1. The number of methoxy groups -OCH3 is 1. The molecule has 0 amide bonds. The van der Waals surface area contributed by atoms with E-state index >= 15 is 0 Å². The van der Waals surface area contributed by atoms with Crippen molar-refractivity contribution in [2.24, 2.45) is 0 Å². The number of aliphatic hydroxyl groups excluding tert-OH is 1. The van der Waals surface area contributed by atoms with E-state index in [4.69, 9.17) is 4.74 Å². The number of H-pyrrole nitrogens is 1. The van der Waals surface area contributed by atoms with Crippen LogP contribution in [0.25, 0.3) is 11.0 Å². The largest absolute Gasteiger partial charge is 0.497 e. The van der Waals surface area contributed by atoms with Crippen LogP contribution in [0.4, 0.5) is 0 Å². The molecule has 178 valence electrons. The molecular formula is C25H28N4O4S. The van der Waals surface area contributed by atoms with E-state index in [0.717, 1.165) is 39.4 Å². The molecule has 0 aliphatic heterocycles. The van der Waals surface area contributed by atoms with Crippen molar-refractivity contribution in [2.45, 2.75) is 30.7 Å². The van der Waals surface area contributed by atoms with E-state index in [9.17, 15) is 13.5 Å². The van der Waals surface area contributed by atoms with E-state index < -0.39 is 16.1 Å². The third-order valence-electron chi connectivity index (χ3n) is 5.92. The topological polar surface area (TPSA) is 108 Å². The molecule has 2 N–H and O–H groups in total. The monoisotopic (exact) mass is 480 g/mol. The van der Waals surface area contributed by atoms with Crippen molar-refractivity contribution < 1.29 is 18.3 Å². The molecule has 2 heterocycles. The Kier molecular flexibility index (Phi) is 6.97. The first kappa shape index (κ1) is 23.9. The number of hydrogen-bond donors (Lipinski definition) is 2. The normalized spacial score (nSPS) is 12.9. The third-order valence-corrected chi connectivity index (χ3v) is 7.85. The molecule has 0 aliphatic rings. The Morgan fingerprint density at radius 2 is 1.74 bits per heavy atom. The summed E-state index contributed by atoms with van der Waals surface area (Å²) >= 11 is 0. The lowest BCUT2D eigenvalue weighted by atomic mass is 10.1. The van der Waals surface area contributed by atoms with Crippen LogP contribution >= 0.6 is 0 Å². The molecule has 0 unspecified atom stereocenters. The fourth-order valence-electron chi connectivity index (χ4n) is 3.92. The number of hydrogen-bond acceptors (Lipinski definition) is 6. The highest BCUT2D eigenvalue weighted by Crippen LogP contribution is 2.22. The molecule has 4 aromatic rings. The molecule has 0 spiro atoms. The number of nitrogens with zero attached hydrogens (tertiary/aromatic N) is 3. The second kappa shape index (κ2) is 9.92. The van der Waals surface area contributed by atoms with Gasteiger partial charge >= 0.3 is 0 Å². The average molecular weight is 481 g/mol. The van der Waals surface area contributed by atoms with Crippen LogP contribution in [0.2, 0.25) is 0 Å². The zero-order valence-corrected chi connectivity index (χ0v) is 20.2. The number of likely N-dealkylation sites (N-methyl/N-ethyl adjacent to an activating group) is 1. The molecule has 4 rings (SSSR count). The minimum Gasteiger partial charge on any atom is -0.497 e. The zero-order chi connectivity index (χ0) is 24.3. The molecule has 0 saturated heterocycles. The van der Waals surface area contributed by atoms with Crippen molar-refractivity contribution in [3.05, 3.63) is 83.4 Å². The van der Waals surface area contributed by atoms with Gasteiger partial charge in [-0.25, -0.2) is 13.4 Å². The molecule has 0 radical (unpaired) electrons. The summed E-state index contributed by atoms with van der Waals surface area (Å²) in [6, 6.07) is 15.4. The van der Waals surface area contributed by atoms with Crippen LogP contribution < -0.4 is 4.74 Å². The summed E-state index contributed by atoms with van der Waals surface area (Å²) in [6.07, 6.45) is 2.66. The quantitative estimate of drug-likeness (QED) is 0.381. The van der Waals surface area contributed by atoms with Gasteiger partial charge < -0.3 is 14.8 Å². The predicted octanol–water partition coefficient (Wildman–Crippen LogP) is 3.09. The highest BCUT2D eigenvalue weighted by atomic mass is 32.2. The van der Waals surface area contributed by atoms with Crippen molar-refractivity contribution >= 4 is 21.1 Å². The minimum absolute atomic E-state index is 0.175. The highest BCUT2D eigenvalue weighted by molar-refractivity contribution is 7.89. The van der Waals surface area contributed by atoms with Gasteiger partial charge in [0.25, 0.3) is 0 Å². The van der Waals surface area contributed by atoms with Gasteiger partial charge in [-0.1, -0.05) is 24.3 Å². The van der Waals surface area contributed by atoms with Gasteiger partial charge in [0.1, 0.15) is 17.1 Å².